The van der Waals surface area contributed by atoms with Crippen molar-refractivity contribution >= 4 is 13.3 Å². The summed E-state index contributed by atoms with van der Waals surface area (Å²) in [6.45, 7) is 37.5. The van der Waals surface area contributed by atoms with Crippen LogP contribution in [0.4, 0.5) is 0 Å². The third-order valence-corrected chi connectivity index (χ3v) is 15.5. The topological polar surface area (TPSA) is 9.23 Å². The second-order valence-electron chi connectivity index (χ2n) is 20.4. The molecule has 0 saturated heterocycles. The molecule has 0 spiro atoms. The van der Waals surface area contributed by atoms with Gasteiger partial charge in [0, 0.05) is 5.54 Å². The first-order valence-electron chi connectivity index (χ1n) is 19.9. The normalized spacial score (nSPS) is 13.8. The molecule has 0 saturated carbocycles. The average Bonchev–Trinajstić information content (AvgIpc) is 3.42. The van der Waals surface area contributed by atoms with Crippen LogP contribution in [0.15, 0.2) is 110 Å². The van der Waals surface area contributed by atoms with Crippen molar-refractivity contribution in [2.75, 3.05) is 6.61 Å². The second-order valence-corrected chi connectivity index (χ2v) is 25.0. The van der Waals surface area contributed by atoms with Gasteiger partial charge in [-0.25, -0.2) is 0 Å². The summed E-state index contributed by atoms with van der Waals surface area (Å²) in [7, 11) is -2.45. The number of ether oxygens (including phenoxy) is 1. The van der Waals surface area contributed by atoms with E-state index in [9.17, 15) is 0 Å². The molecule has 1 aliphatic carbocycles. The molecule has 0 radical (unpaired) electrons. The summed E-state index contributed by atoms with van der Waals surface area (Å²) >= 11 is 0. The summed E-state index contributed by atoms with van der Waals surface area (Å²) in [6.07, 6.45) is 1.89. The van der Waals surface area contributed by atoms with E-state index in [1.165, 1.54) is 71.9 Å². The van der Waals surface area contributed by atoms with E-state index in [1.54, 1.807) is 0 Å². The first kappa shape index (κ1) is 39.5. The lowest BCUT2D eigenvalue weighted by molar-refractivity contribution is 0.353. The molecule has 1 nitrogen and oxygen atoms in total. The van der Waals surface area contributed by atoms with Crippen LogP contribution in [0.5, 0.6) is 5.75 Å². The van der Waals surface area contributed by atoms with Crippen molar-refractivity contribution in [3.63, 3.8) is 0 Å². The van der Waals surface area contributed by atoms with Crippen LogP contribution in [0, 0.1) is 0 Å². The maximum absolute atomic E-state index is 6.83. The van der Waals surface area contributed by atoms with E-state index in [0.29, 0.717) is 6.61 Å². The standard InChI is InChI=1S/C52H64OSi/c1-16-27-53-47-45(52(11,12)13)32-40(51(8,9)10)33-46(47)54(14,15)48-43-30-36(34-19-17-21-38(28-34)49(2,3)4)23-25-41(43)42-26-24-37(31-44(42)48)35-20-18-22-39(29-35)50(5,6)7/h16-26,28-33,48H,1,27H2,2-15H3. The Morgan fingerprint density at radius 2 is 0.981 bits per heavy atom. The summed E-state index contributed by atoms with van der Waals surface area (Å²) < 4.78 is 6.83. The molecular formula is C52H64OSi. The average molecular weight is 733 g/mol. The molecule has 0 aliphatic heterocycles. The predicted octanol–water partition coefficient (Wildman–Crippen LogP) is 14.0. The summed E-state index contributed by atoms with van der Waals surface area (Å²) in [5.74, 6) is 1.06. The summed E-state index contributed by atoms with van der Waals surface area (Å²) in [5.41, 5.74) is 16.3. The molecule has 0 aromatic heterocycles. The fourth-order valence-corrected chi connectivity index (χ4v) is 11.9. The number of rotatable bonds is 7. The van der Waals surface area contributed by atoms with Crippen LogP contribution >= 0.6 is 0 Å². The summed E-state index contributed by atoms with van der Waals surface area (Å²) in [4.78, 5) is 0. The van der Waals surface area contributed by atoms with Crippen molar-refractivity contribution in [1.82, 2.24) is 0 Å². The molecule has 54 heavy (non-hydrogen) atoms. The highest BCUT2D eigenvalue weighted by molar-refractivity contribution is 6.92. The zero-order valence-corrected chi connectivity index (χ0v) is 36.7. The van der Waals surface area contributed by atoms with Gasteiger partial charge in [-0.2, -0.15) is 0 Å². The Balaban J connectivity index is 1.65. The van der Waals surface area contributed by atoms with E-state index >= 15 is 0 Å². The lowest BCUT2D eigenvalue weighted by atomic mass is 9.80. The van der Waals surface area contributed by atoms with E-state index in [-0.39, 0.29) is 27.2 Å². The Kier molecular flexibility index (Phi) is 10.1. The maximum Gasteiger partial charge on any atom is 0.122 e. The van der Waals surface area contributed by atoms with Gasteiger partial charge in [0.1, 0.15) is 12.4 Å². The van der Waals surface area contributed by atoms with E-state index in [0.717, 1.165) is 5.75 Å². The number of hydrogen-bond acceptors (Lipinski definition) is 1. The molecule has 5 aromatic carbocycles. The highest BCUT2D eigenvalue weighted by Gasteiger charge is 2.45. The van der Waals surface area contributed by atoms with Crippen LogP contribution in [0.25, 0.3) is 33.4 Å². The molecule has 0 amide bonds. The van der Waals surface area contributed by atoms with Crippen LogP contribution < -0.4 is 9.92 Å². The largest absolute Gasteiger partial charge is 0.489 e. The molecule has 2 heteroatoms. The third-order valence-electron chi connectivity index (χ3n) is 11.7. The van der Waals surface area contributed by atoms with Gasteiger partial charge in [0.05, 0.1) is 8.07 Å². The Bertz CT molecular complexity index is 2100. The minimum atomic E-state index is -2.45. The van der Waals surface area contributed by atoms with Gasteiger partial charge in [0.25, 0.3) is 0 Å². The zero-order chi connectivity index (χ0) is 39.6. The molecule has 282 valence electrons. The van der Waals surface area contributed by atoms with Crippen molar-refractivity contribution in [2.45, 2.75) is 123 Å². The lowest BCUT2D eigenvalue weighted by Gasteiger charge is -2.37. The smallest absolute Gasteiger partial charge is 0.122 e. The molecule has 1 aliphatic rings. The molecule has 5 aromatic rings. The maximum atomic E-state index is 6.83. The Labute approximate surface area is 328 Å². The van der Waals surface area contributed by atoms with Gasteiger partial charge in [-0.1, -0.05) is 206 Å². The summed E-state index contributed by atoms with van der Waals surface area (Å²) in [5, 5.41) is 1.39. The quantitative estimate of drug-likeness (QED) is 0.120. The van der Waals surface area contributed by atoms with E-state index < -0.39 is 8.07 Å². The monoisotopic (exact) mass is 732 g/mol. The van der Waals surface area contributed by atoms with Crippen molar-refractivity contribution in [1.29, 1.82) is 0 Å². The molecule has 0 N–H and O–H groups in total. The van der Waals surface area contributed by atoms with Crippen molar-refractivity contribution in [3.05, 3.63) is 143 Å². The van der Waals surface area contributed by atoms with Crippen molar-refractivity contribution in [3.8, 4) is 39.1 Å². The Morgan fingerprint density at radius 1 is 0.537 bits per heavy atom. The van der Waals surface area contributed by atoms with Crippen LogP contribution in [0.3, 0.4) is 0 Å². The highest BCUT2D eigenvalue weighted by Crippen LogP contribution is 2.52. The number of fused-ring (bicyclic) bond motifs is 3. The molecule has 0 bridgehead atoms. The van der Waals surface area contributed by atoms with E-state index in [1.807, 2.05) is 6.08 Å². The van der Waals surface area contributed by atoms with Crippen LogP contribution in [-0.4, -0.2) is 14.7 Å². The van der Waals surface area contributed by atoms with Gasteiger partial charge in [-0.05, 0) is 93.6 Å². The van der Waals surface area contributed by atoms with E-state index in [2.05, 4.69) is 200 Å². The molecule has 0 heterocycles. The third kappa shape index (κ3) is 7.56. The predicted molar refractivity (Wildman–Crippen MR) is 239 cm³/mol. The molecular weight excluding hydrogens is 669 g/mol. The minimum Gasteiger partial charge on any atom is -0.489 e. The van der Waals surface area contributed by atoms with Gasteiger partial charge in [0.2, 0.25) is 0 Å². The SMILES string of the molecule is C=CCOc1c(C(C)(C)C)cc(C(C)(C)C)cc1[Si](C)(C)C1c2cc(-c3cccc(C(C)(C)C)c3)ccc2-c2ccc(-c3cccc(C(C)(C)C)c3)cc21. The first-order valence-corrected chi connectivity index (χ1v) is 23.0. The van der Waals surface area contributed by atoms with Gasteiger partial charge in [-0.15, -0.1) is 0 Å². The van der Waals surface area contributed by atoms with Crippen LogP contribution in [0.2, 0.25) is 13.1 Å². The molecule has 0 fully saturated rings. The first-order chi connectivity index (χ1) is 25.0. The lowest BCUT2D eigenvalue weighted by Crippen LogP contribution is -2.49. The highest BCUT2D eigenvalue weighted by atomic mass is 28.3. The van der Waals surface area contributed by atoms with E-state index in [4.69, 9.17) is 4.74 Å². The number of benzene rings is 5. The summed E-state index contributed by atoms with van der Waals surface area (Å²) in [6, 6.07) is 37.8. The van der Waals surface area contributed by atoms with Crippen LogP contribution in [-0.2, 0) is 21.7 Å². The fraction of sp³-hybridized carbons (Fsp3) is 0.385. The minimum absolute atomic E-state index is 0.0157. The molecule has 0 atom stereocenters. The van der Waals surface area contributed by atoms with Crippen LogP contribution in [0.1, 0.15) is 122 Å². The van der Waals surface area contributed by atoms with Gasteiger partial charge < -0.3 is 4.74 Å². The second kappa shape index (κ2) is 13.9. The van der Waals surface area contributed by atoms with Gasteiger partial charge >= 0.3 is 0 Å². The Hall–Kier alpha value is -4.14. The van der Waals surface area contributed by atoms with Crippen molar-refractivity contribution < 1.29 is 4.74 Å². The van der Waals surface area contributed by atoms with Gasteiger partial charge in [-0.3, -0.25) is 0 Å². The number of hydrogen-bond donors (Lipinski definition) is 0. The van der Waals surface area contributed by atoms with Gasteiger partial charge in [0.15, 0.2) is 0 Å². The zero-order valence-electron chi connectivity index (χ0n) is 35.7. The van der Waals surface area contributed by atoms with Crippen molar-refractivity contribution in [2.24, 2.45) is 0 Å². The molecule has 0 unspecified atom stereocenters. The Morgan fingerprint density at radius 3 is 1.39 bits per heavy atom. The molecule has 6 rings (SSSR count). The fourth-order valence-electron chi connectivity index (χ4n) is 8.28.